The van der Waals surface area contributed by atoms with Gasteiger partial charge in [0.2, 0.25) is 17.7 Å². The molecule has 0 bridgehead atoms. The highest BCUT2D eigenvalue weighted by molar-refractivity contribution is 5.85. The Kier molecular flexibility index (Phi) is 6.85. The Bertz CT molecular complexity index is 965. The van der Waals surface area contributed by atoms with Crippen LogP contribution in [-0.2, 0) is 9.53 Å². The molecule has 8 nitrogen and oxygen atoms in total. The zero-order chi connectivity index (χ0) is 23.4. The molecule has 2 aromatic rings. The number of nitrogens with zero attached hydrogens (tertiary/aromatic N) is 3. The quantitative estimate of drug-likeness (QED) is 0.611. The van der Waals surface area contributed by atoms with E-state index in [1.165, 1.54) is 5.69 Å². The SMILES string of the molecule is CC1(C(=O)N[C@H]2CC[C@H](COc3ccnc(Nc4ccc(N5CCOCC5)cc4)n3)CC2)CC1. The van der Waals surface area contributed by atoms with Crippen LogP contribution in [0.25, 0.3) is 0 Å². The summed E-state index contributed by atoms with van der Waals surface area (Å²) in [5, 5.41) is 6.52. The maximum atomic E-state index is 12.3. The van der Waals surface area contributed by atoms with Crippen LogP contribution in [0.2, 0.25) is 0 Å². The van der Waals surface area contributed by atoms with Crippen molar-refractivity contribution in [2.24, 2.45) is 11.3 Å². The van der Waals surface area contributed by atoms with Gasteiger partial charge in [0.15, 0.2) is 0 Å². The first-order valence-corrected chi connectivity index (χ1v) is 12.5. The zero-order valence-corrected chi connectivity index (χ0v) is 20.0. The topological polar surface area (TPSA) is 88.6 Å². The van der Waals surface area contributed by atoms with E-state index in [-0.39, 0.29) is 11.3 Å². The van der Waals surface area contributed by atoms with Gasteiger partial charge in [0, 0.05) is 48.2 Å². The Labute approximate surface area is 201 Å². The smallest absolute Gasteiger partial charge is 0.230 e. The molecule has 2 aliphatic carbocycles. The van der Waals surface area contributed by atoms with Crippen LogP contribution >= 0.6 is 0 Å². The number of anilines is 3. The largest absolute Gasteiger partial charge is 0.477 e. The Morgan fingerprint density at radius 2 is 1.85 bits per heavy atom. The van der Waals surface area contributed by atoms with Gasteiger partial charge < -0.3 is 25.0 Å². The fraction of sp³-hybridized carbons (Fsp3) is 0.577. The molecule has 34 heavy (non-hydrogen) atoms. The molecule has 8 heteroatoms. The van der Waals surface area contributed by atoms with Crippen molar-refractivity contribution in [1.82, 2.24) is 15.3 Å². The Balaban J connectivity index is 1.07. The molecule has 1 amide bonds. The Morgan fingerprint density at radius 1 is 1.12 bits per heavy atom. The van der Waals surface area contributed by atoms with Crippen LogP contribution in [0, 0.1) is 11.3 Å². The molecule has 2 heterocycles. The van der Waals surface area contributed by atoms with E-state index >= 15 is 0 Å². The van der Waals surface area contributed by atoms with Gasteiger partial charge in [-0.2, -0.15) is 4.98 Å². The van der Waals surface area contributed by atoms with Gasteiger partial charge in [-0.15, -0.1) is 0 Å². The lowest BCUT2D eigenvalue weighted by molar-refractivity contribution is -0.126. The van der Waals surface area contributed by atoms with Crippen molar-refractivity contribution in [2.45, 2.75) is 51.5 Å². The number of nitrogens with one attached hydrogen (secondary N) is 2. The van der Waals surface area contributed by atoms with E-state index in [0.29, 0.717) is 30.4 Å². The van der Waals surface area contributed by atoms with Crippen molar-refractivity contribution in [2.75, 3.05) is 43.1 Å². The minimum Gasteiger partial charge on any atom is -0.477 e. The number of morpholine rings is 1. The fourth-order valence-electron chi connectivity index (χ4n) is 4.64. The van der Waals surface area contributed by atoms with E-state index in [1.54, 1.807) is 12.3 Å². The van der Waals surface area contributed by atoms with Crippen LogP contribution in [0.1, 0.15) is 45.4 Å². The lowest BCUT2D eigenvalue weighted by Gasteiger charge is -2.29. The molecule has 0 atom stereocenters. The molecule has 1 aromatic heterocycles. The number of carbonyl (C=O) groups is 1. The minimum absolute atomic E-state index is 0.0938. The number of amides is 1. The molecule has 1 aromatic carbocycles. The van der Waals surface area contributed by atoms with E-state index < -0.39 is 0 Å². The molecule has 3 aliphatic rings. The number of hydrogen-bond acceptors (Lipinski definition) is 7. The van der Waals surface area contributed by atoms with Gasteiger partial charge in [0.05, 0.1) is 19.8 Å². The summed E-state index contributed by atoms with van der Waals surface area (Å²) in [4.78, 5) is 23.5. The van der Waals surface area contributed by atoms with Crippen molar-refractivity contribution in [1.29, 1.82) is 0 Å². The van der Waals surface area contributed by atoms with Crippen molar-refractivity contribution in [3.63, 3.8) is 0 Å². The molecule has 0 unspecified atom stereocenters. The summed E-state index contributed by atoms with van der Waals surface area (Å²) in [5.41, 5.74) is 2.04. The van der Waals surface area contributed by atoms with Gasteiger partial charge in [-0.3, -0.25) is 4.79 Å². The molecule has 1 aliphatic heterocycles. The van der Waals surface area contributed by atoms with Crippen LogP contribution in [0.5, 0.6) is 5.88 Å². The van der Waals surface area contributed by atoms with Crippen LogP contribution in [0.3, 0.4) is 0 Å². The van der Waals surface area contributed by atoms with Gasteiger partial charge in [-0.05, 0) is 68.7 Å². The normalized spacial score (nSPS) is 23.7. The standard InChI is InChI=1S/C26H35N5O3/c1-26(11-12-26)24(32)28-20-4-2-19(3-5-20)18-34-23-10-13-27-25(30-23)29-21-6-8-22(9-7-21)31-14-16-33-17-15-31/h6-10,13,19-20H,2-5,11-12,14-18H2,1H3,(H,28,32)(H,27,29,30)/t19-,20-. The Morgan fingerprint density at radius 3 is 2.56 bits per heavy atom. The van der Waals surface area contributed by atoms with E-state index in [0.717, 1.165) is 70.5 Å². The zero-order valence-electron chi connectivity index (χ0n) is 20.0. The van der Waals surface area contributed by atoms with Gasteiger partial charge in [-0.1, -0.05) is 6.92 Å². The third kappa shape index (κ3) is 5.78. The third-order valence-corrected chi connectivity index (χ3v) is 7.33. The second-order valence-electron chi connectivity index (χ2n) is 10.1. The number of benzene rings is 1. The summed E-state index contributed by atoms with van der Waals surface area (Å²) in [6.07, 6.45) is 7.94. The van der Waals surface area contributed by atoms with Crippen LogP contribution in [-0.4, -0.2) is 54.8 Å². The maximum absolute atomic E-state index is 12.3. The summed E-state index contributed by atoms with van der Waals surface area (Å²) in [7, 11) is 0. The number of rotatable bonds is 8. The molecule has 0 spiro atoms. The summed E-state index contributed by atoms with van der Waals surface area (Å²) >= 11 is 0. The monoisotopic (exact) mass is 465 g/mol. The lowest BCUT2D eigenvalue weighted by Crippen LogP contribution is -2.41. The number of carbonyl (C=O) groups excluding carboxylic acids is 1. The highest BCUT2D eigenvalue weighted by atomic mass is 16.5. The fourth-order valence-corrected chi connectivity index (χ4v) is 4.64. The van der Waals surface area contributed by atoms with Crippen molar-refractivity contribution in [3.8, 4) is 5.88 Å². The van der Waals surface area contributed by atoms with Crippen LogP contribution in [0.4, 0.5) is 17.3 Å². The van der Waals surface area contributed by atoms with Crippen molar-refractivity contribution in [3.05, 3.63) is 36.5 Å². The molecule has 0 radical (unpaired) electrons. The lowest BCUT2D eigenvalue weighted by atomic mass is 9.86. The Hall–Kier alpha value is -2.87. The maximum Gasteiger partial charge on any atom is 0.230 e. The molecule has 5 rings (SSSR count). The van der Waals surface area contributed by atoms with Gasteiger partial charge in [0.1, 0.15) is 0 Å². The second-order valence-corrected chi connectivity index (χ2v) is 10.1. The second kappa shape index (κ2) is 10.2. The molecule has 182 valence electrons. The van der Waals surface area contributed by atoms with E-state index in [4.69, 9.17) is 9.47 Å². The van der Waals surface area contributed by atoms with E-state index in [2.05, 4.69) is 44.6 Å². The van der Waals surface area contributed by atoms with E-state index in [9.17, 15) is 4.79 Å². The third-order valence-electron chi connectivity index (χ3n) is 7.33. The van der Waals surface area contributed by atoms with Gasteiger partial charge >= 0.3 is 0 Å². The summed E-state index contributed by atoms with van der Waals surface area (Å²) < 4.78 is 11.4. The predicted molar refractivity (Wildman–Crippen MR) is 132 cm³/mol. The predicted octanol–water partition coefficient (Wildman–Crippen LogP) is 3.91. The molecule has 1 saturated heterocycles. The number of ether oxygens (including phenoxy) is 2. The average molecular weight is 466 g/mol. The van der Waals surface area contributed by atoms with Crippen molar-refractivity contribution >= 4 is 23.2 Å². The number of hydrogen-bond donors (Lipinski definition) is 2. The molecular weight excluding hydrogens is 430 g/mol. The highest BCUT2D eigenvalue weighted by Crippen LogP contribution is 2.45. The molecule has 3 fully saturated rings. The molecular formula is C26H35N5O3. The highest BCUT2D eigenvalue weighted by Gasteiger charge is 2.45. The number of aromatic nitrogens is 2. The molecule has 2 saturated carbocycles. The average Bonchev–Trinajstić information content (AvgIpc) is 3.63. The van der Waals surface area contributed by atoms with Crippen LogP contribution in [0.15, 0.2) is 36.5 Å². The summed E-state index contributed by atoms with van der Waals surface area (Å²) in [6.45, 7) is 6.10. The molecule has 2 N–H and O–H groups in total. The first-order valence-electron chi connectivity index (χ1n) is 12.5. The van der Waals surface area contributed by atoms with Crippen molar-refractivity contribution < 1.29 is 14.3 Å². The minimum atomic E-state index is -0.0938. The first-order chi connectivity index (χ1) is 16.6. The van der Waals surface area contributed by atoms with Gasteiger partial charge in [0.25, 0.3) is 0 Å². The summed E-state index contributed by atoms with van der Waals surface area (Å²) in [5.74, 6) is 1.84. The van der Waals surface area contributed by atoms with Gasteiger partial charge in [-0.25, -0.2) is 4.98 Å². The van der Waals surface area contributed by atoms with E-state index in [1.807, 2.05) is 12.1 Å². The summed E-state index contributed by atoms with van der Waals surface area (Å²) in [6, 6.07) is 10.4. The first kappa shape index (κ1) is 22.9. The van der Waals surface area contributed by atoms with Crippen LogP contribution < -0.4 is 20.3 Å².